The quantitative estimate of drug-likeness (QED) is 0.552. The number of carbonyl (C=O) groups is 1. The van der Waals surface area contributed by atoms with Crippen LogP contribution in [0.2, 0.25) is 0 Å². The minimum atomic E-state index is -0.451. The van der Waals surface area contributed by atoms with Gasteiger partial charge >= 0.3 is 0 Å². The van der Waals surface area contributed by atoms with Crippen LogP contribution in [0.5, 0.6) is 0 Å². The maximum atomic E-state index is 12.5. The molecule has 7 heteroatoms. The van der Waals surface area contributed by atoms with E-state index in [2.05, 4.69) is 10.2 Å². The summed E-state index contributed by atoms with van der Waals surface area (Å²) in [4.78, 5) is 14.8. The van der Waals surface area contributed by atoms with E-state index in [4.69, 9.17) is 5.73 Å². The highest BCUT2D eigenvalue weighted by Gasteiger charge is 2.25. The molecule has 1 amide bonds. The molecule has 1 heterocycles. The van der Waals surface area contributed by atoms with Crippen molar-refractivity contribution in [2.75, 3.05) is 26.2 Å². The second kappa shape index (κ2) is 13.7. The van der Waals surface area contributed by atoms with E-state index in [-0.39, 0.29) is 42.7 Å². The number of halogens is 2. The van der Waals surface area contributed by atoms with E-state index in [1.54, 1.807) is 0 Å². The molecule has 1 aliphatic heterocycles. The number of amides is 1. The normalized spacial score (nSPS) is 17.5. The van der Waals surface area contributed by atoms with Crippen molar-refractivity contribution in [2.24, 2.45) is 17.6 Å². The fraction of sp³-hybridized carbons (Fsp3) is 0.458. The number of hydrogen-bond donors (Lipinski definition) is 3. The van der Waals surface area contributed by atoms with Gasteiger partial charge in [0.25, 0.3) is 0 Å². The molecule has 0 aliphatic carbocycles. The van der Waals surface area contributed by atoms with Gasteiger partial charge in [0, 0.05) is 19.1 Å². The first-order valence-corrected chi connectivity index (χ1v) is 10.6. The Morgan fingerprint density at radius 2 is 1.55 bits per heavy atom. The SMILES string of the molecule is CC(C(=O)NCC1CCN(CC(O)c2ccccc2)CC1)C(N)c1ccccc1.Cl.Cl. The molecule has 5 nitrogen and oxygen atoms in total. The van der Waals surface area contributed by atoms with E-state index >= 15 is 0 Å². The van der Waals surface area contributed by atoms with E-state index in [1.807, 2.05) is 67.6 Å². The summed E-state index contributed by atoms with van der Waals surface area (Å²) in [5.74, 6) is 0.228. The van der Waals surface area contributed by atoms with Crippen molar-refractivity contribution < 1.29 is 9.90 Å². The van der Waals surface area contributed by atoms with Crippen LogP contribution in [0, 0.1) is 11.8 Å². The van der Waals surface area contributed by atoms with Crippen LogP contribution in [0.3, 0.4) is 0 Å². The Bertz CT molecular complexity index is 756. The first-order valence-electron chi connectivity index (χ1n) is 10.6. The monoisotopic (exact) mass is 467 g/mol. The molecular weight excluding hydrogens is 433 g/mol. The number of nitrogens with zero attached hydrogens (tertiary/aromatic N) is 1. The van der Waals surface area contributed by atoms with Gasteiger partial charge in [-0.25, -0.2) is 0 Å². The van der Waals surface area contributed by atoms with Crippen LogP contribution in [-0.4, -0.2) is 42.1 Å². The lowest BCUT2D eigenvalue weighted by atomic mass is 9.93. The number of β-amino-alcohol motifs (C(OH)–C–C–N with tert-alkyl or cyclic N) is 1. The average Bonchev–Trinajstić information content (AvgIpc) is 2.78. The van der Waals surface area contributed by atoms with E-state index in [1.165, 1.54) is 0 Å². The summed E-state index contributed by atoms with van der Waals surface area (Å²) >= 11 is 0. The number of likely N-dealkylation sites (tertiary alicyclic amines) is 1. The van der Waals surface area contributed by atoms with Gasteiger partial charge in [0.1, 0.15) is 0 Å². The van der Waals surface area contributed by atoms with Gasteiger partial charge in [-0.15, -0.1) is 24.8 Å². The highest BCUT2D eigenvalue weighted by molar-refractivity contribution is 5.85. The molecule has 0 aromatic heterocycles. The Morgan fingerprint density at radius 1 is 1.03 bits per heavy atom. The number of nitrogens with two attached hydrogens (primary N) is 1. The van der Waals surface area contributed by atoms with Crippen molar-refractivity contribution in [1.29, 1.82) is 0 Å². The summed E-state index contributed by atoms with van der Waals surface area (Å²) < 4.78 is 0. The molecule has 3 unspecified atom stereocenters. The molecule has 3 atom stereocenters. The summed E-state index contributed by atoms with van der Waals surface area (Å²) in [5, 5.41) is 13.5. The minimum Gasteiger partial charge on any atom is -0.387 e. The molecule has 4 N–H and O–H groups in total. The van der Waals surface area contributed by atoms with Gasteiger partial charge in [0.05, 0.1) is 12.0 Å². The summed E-state index contributed by atoms with van der Waals surface area (Å²) in [6.07, 6.45) is 1.61. The lowest BCUT2D eigenvalue weighted by Crippen LogP contribution is -2.42. The first-order chi connectivity index (χ1) is 14.0. The van der Waals surface area contributed by atoms with Crippen LogP contribution in [0.15, 0.2) is 60.7 Å². The third-order valence-corrected chi connectivity index (χ3v) is 6.02. The van der Waals surface area contributed by atoms with Crippen molar-refractivity contribution in [3.8, 4) is 0 Å². The van der Waals surface area contributed by atoms with E-state index in [9.17, 15) is 9.90 Å². The smallest absolute Gasteiger partial charge is 0.224 e. The number of hydrogen-bond acceptors (Lipinski definition) is 4. The van der Waals surface area contributed by atoms with Gasteiger partial charge in [-0.2, -0.15) is 0 Å². The number of aliphatic hydroxyl groups is 1. The number of rotatable bonds is 8. The second-order valence-electron chi connectivity index (χ2n) is 8.14. The van der Waals surface area contributed by atoms with Crippen molar-refractivity contribution in [2.45, 2.75) is 31.9 Å². The molecule has 31 heavy (non-hydrogen) atoms. The number of aliphatic hydroxyl groups excluding tert-OH is 1. The zero-order valence-corrected chi connectivity index (χ0v) is 19.7. The van der Waals surface area contributed by atoms with Gasteiger partial charge < -0.3 is 21.1 Å². The predicted octanol–water partition coefficient (Wildman–Crippen LogP) is 3.73. The molecule has 2 aromatic rings. The van der Waals surface area contributed by atoms with E-state index in [0.29, 0.717) is 19.0 Å². The van der Waals surface area contributed by atoms with Crippen LogP contribution >= 0.6 is 24.8 Å². The fourth-order valence-electron chi connectivity index (χ4n) is 3.93. The van der Waals surface area contributed by atoms with Gasteiger partial charge in [0.15, 0.2) is 0 Å². The molecule has 0 radical (unpaired) electrons. The maximum absolute atomic E-state index is 12.5. The molecule has 1 aliphatic rings. The molecule has 2 aromatic carbocycles. The Balaban J connectivity index is 0.00000240. The highest BCUT2D eigenvalue weighted by Crippen LogP contribution is 2.22. The molecule has 172 valence electrons. The predicted molar refractivity (Wildman–Crippen MR) is 131 cm³/mol. The highest BCUT2D eigenvalue weighted by atomic mass is 35.5. The maximum Gasteiger partial charge on any atom is 0.224 e. The largest absolute Gasteiger partial charge is 0.387 e. The zero-order valence-electron chi connectivity index (χ0n) is 18.0. The molecule has 1 fully saturated rings. The molecule has 0 spiro atoms. The van der Waals surface area contributed by atoms with Crippen LogP contribution < -0.4 is 11.1 Å². The number of carbonyl (C=O) groups excluding carboxylic acids is 1. The lowest BCUT2D eigenvalue weighted by molar-refractivity contribution is -0.125. The van der Waals surface area contributed by atoms with Crippen LogP contribution in [0.4, 0.5) is 0 Å². The summed E-state index contributed by atoms with van der Waals surface area (Å²) in [5.41, 5.74) is 8.22. The number of benzene rings is 2. The second-order valence-corrected chi connectivity index (χ2v) is 8.14. The van der Waals surface area contributed by atoms with Crippen molar-refractivity contribution in [1.82, 2.24) is 10.2 Å². The molecule has 0 bridgehead atoms. The van der Waals surface area contributed by atoms with Crippen LogP contribution in [0.1, 0.15) is 43.0 Å². The van der Waals surface area contributed by atoms with Crippen molar-refractivity contribution >= 4 is 30.7 Å². The minimum absolute atomic E-state index is 0. The van der Waals surface area contributed by atoms with Crippen molar-refractivity contribution in [3.63, 3.8) is 0 Å². The topological polar surface area (TPSA) is 78.6 Å². The van der Waals surface area contributed by atoms with Gasteiger partial charge in [-0.05, 0) is 43.0 Å². The molecule has 1 saturated heterocycles. The van der Waals surface area contributed by atoms with Gasteiger partial charge in [0.2, 0.25) is 5.91 Å². The van der Waals surface area contributed by atoms with Crippen LogP contribution in [-0.2, 0) is 4.79 Å². The van der Waals surface area contributed by atoms with Gasteiger partial charge in [-0.3, -0.25) is 4.79 Å². The Morgan fingerprint density at radius 3 is 2.10 bits per heavy atom. The van der Waals surface area contributed by atoms with Gasteiger partial charge in [-0.1, -0.05) is 67.6 Å². The summed E-state index contributed by atoms with van der Waals surface area (Å²) in [6.45, 7) is 5.14. The fourth-order valence-corrected chi connectivity index (χ4v) is 3.93. The summed E-state index contributed by atoms with van der Waals surface area (Å²) in [7, 11) is 0. The first kappa shape index (κ1) is 27.4. The molecule has 0 saturated carbocycles. The average molecular weight is 468 g/mol. The zero-order chi connectivity index (χ0) is 20.6. The third-order valence-electron chi connectivity index (χ3n) is 6.02. The third kappa shape index (κ3) is 8.09. The van der Waals surface area contributed by atoms with Crippen molar-refractivity contribution in [3.05, 3.63) is 71.8 Å². The Labute approximate surface area is 198 Å². The Hall–Kier alpha value is -1.63. The number of piperidine rings is 1. The Kier molecular flexibility index (Phi) is 12.1. The van der Waals surface area contributed by atoms with Crippen LogP contribution in [0.25, 0.3) is 0 Å². The molecule has 3 rings (SSSR count). The lowest BCUT2D eigenvalue weighted by Gasteiger charge is -2.33. The van der Waals surface area contributed by atoms with E-state index in [0.717, 1.165) is 37.1 Å². The molecular formula is C24H35Cl2N3O2. The summed E-state index contributed by atoms with van der Waals surface area (Å²) in [6, 6.07) is 19.3. The standard InChI is InChI=1S/C24H33N3O2.2ClH/c1-18(23(25)21-10-6-3-7-11-21)24(29)26-16-19-12-14-27(15-13-19)17-22(28)20-8-4-2-5-9-20;;/h2-11,18-19,22-23,28H,12-17,25H2,1H3,(H,26,29);2*1H. The number of nitrogens with one attached hydrogen (secondary N) is 1. The van der Waals surface area contributed by atoms with E-state index < -0.39 is 6.10 Å².